The van der Waals surface area contributed by atoms with Gasteiger partial charge < -0.3 is 15.0 Å². The number of hydrogen-bond acceptors (Lipinski definition) is 4. The fourth-order valence-corrected chi connectivity index (χ4v) is 6.01. The third kappa shape index (κ3) is 2.83. The highest BCUT2D eigenvalue weighted by Crippen LogP contribution is 2.43. The van der Waals surface area contributed by atoms with Crippen molar-refractivity contribution in [3.05, 3.63) is 78.1 Å². The van der Waals surface area contributed by atoms with E-state index in [1.165, 1.54) is 28.6 Å². The van der Waals surface area contributed by atoms with Crippen molar-refractivity contribution in [2.45, 2.75) is 23.3 Å². The van der Waals surface area contributed by atoms with Crippen molar-refractivity contribution in [1.82, 2.24) is 8.87 Å². The highest BCUT2D eigenvalue weighted by molar-refractivity contribution is 7.89. The Labute approximate surface area is 174 Å². The van der Waals surface area contributed by atoms with Crippen LogP contribution >= 0.6 is 0 Å². The fourth-order valence-electron chi connectivity index (χ4n) is 4.52. The normalized spacial score (nSPS) is 17.7. The zero-order valence-electron chi connectivity index (χ0n) is 16.2. The van der Waals surface area contributed by atoms with Gasteiger partial charge in [0.1, 0.15) is 0 Å². The van der Waals surface area contributed by atoms with Gasteiger partial charge in [0.15, 0.2) is 0 Å². The van der Waals surface area contributed by atoms with Crippen molar-refractivity contribution < 1.29 is 18.3 Å². The first-order valence-electron chi connectivity index (χ1n) is 9.80. The Bertz CT molecular complexity index is 1240. The molecule has 1 spiro atoms. The lowest BCUT2D eigenvalue weighted by Crippen LogP contribution is -2.50. The van der Waals surface area contributed by atoms with Gasteiger partial charge in [-0.1, -0.05) is 18.2 Å². The van der Waals surface area contributed by atoms with Crippen LogP contribution in [0.5, 0.6) is 0 Å². The molecule has 0 atom stereocenters. The molecule has 154 valence electrons. The molecule has 0 aliphatic carbocycles. The summed E-state index contributed by atoms with van der Waals surface area (Å²) in [7, 11) is -3.76. The summed E-state index contributed by atoms with van der Waals surface area (Å²) >= 11 is 0. The van der Waals surface area contributed by atoms with E-state index in [4.69, 9.17) is 0 Å². The number of nitrogens with zero attached hydrogens (tertiary/aromatic N) is 2. The maximum atomic E-state index is 13.1. The molecule has 3 heterocycles. The maximum Gasteiger partial charge on any atom is 0.335 e. The van der Waals surface area contributed by atoms with E-state index in [2.05, 4.69) is 22.0 Å². The minimum absolute atomic E-state index is 0.0173. The molecule has 0 saturated carbocycles. The summed E-state index contributed by atoms with van der Waals surface area (Å²) in [6.45, 7) is 0.694. The second kappa shape index (κ2) is 6.72. The van der Waals surface area contributed by atoms with Crippen LogP contribution < -0.4 is 5.32 Å². The van der Waals surface area contributed by atoms with Gasteiger partial charge in [0.25, 0.3) is 0 Å². The topological polar surface area (TPSA) is 91.6 Å². The van der Waals surface area contributed by atoms with Crippen LogP contribution in [0.25, 0.3) is 5.69 Å². The van der Waals surface area contributed by atoms with Crippen LogP contribution in [0.1, 0.15) is 28.9 Å². The molecule has 2 aromatic carbocycles. The Morgan fingerprint density at radius 2 is 1.77 bits per heavy atom. The van der Waals surface area contributed by atoms with Crippen molar-refractivity contribution in [3.63, 3.8) is 0 Å². The molecule has 30 heavy (non-hydrogen) atoms. The van der Waals surface area contributed by atoms with Crippen LogP contribution in [-0.4, -0.2) is 41.5 Å². The summed E-state index contributed by atoms with van der Waals surface area (Å²) in [5, 5.41) is 12.9. The Kier molecular flexibility index (Phi) is 4.23. The molecule has 5 rings (SSSR count). The zero-order chi connectivity index (χ0) is 20.9. The number of carboxylic acid groups (broad SMARTS) is 1. The lowest BCUT2D eigenvalue weighted by molar-refractivity contribution is 0.0696. The van der Waals surface area contributed by atoms with Crippen LogP contribution in [0.4, 0.5) is 5.69 Å². The summed E-state index contributed by atoms with van der Waals surface area (Å²) in [6, 6.07) is 17.7. The molecule has 0 unspecified atom stereocenters. The molecule has 7 nitrogen and oxygen atoms in total. The molecule has 0 radical (unpaired) electrons. The summed E-state index contributed by atoms with van der Waals surface area (Å²) < 4.78 is 29.9. The summed E-state index contributed by atoms with van der Waals surface area (Å²) in [4.78, 5) is 11.2. The van der Waals surface area contributed by atoms with Gasteiger partial charge in [0.2, 0.25) is 10.0 Å². The summed E-state index contributed by atoms with van der Waals surface area (Å²) in [5.41, 5.74) is 2.88. The van der Waals surface area contributed by atoms with Crippen molar-refractivity contribution in [2.24, 2.45) is 0 Å². The molecule has 1 fully saturated rings. The third-order valence-electron chi connectivity index (χ3n) is 6.07. The number of sulfonamides is 1. The van der Waals surface area contributed by atoms with Gasteiger partial charge in [-0.3, -0.25) is 0 Å². The number of rotatable bonds is 3. The monoisotopic (exact) mass is 423 g/mol. The van der Waals surface area contributed by atoms with Crippen LogP contribution in [-0.2, 0) is 15.6 Å². The van der Waals surface area contributed by atoms with Crippen molar-refractivity contribution >= 4 is 21.7 Å². The molecule has 1 aromatic heterocycles. The number of nitrogens with one attached hydrogen (secondary N) is 1. The molecule has 2 aliphatic heterocycles. The Hall–Kier alpha value is -3.10. The number of benzene rings is 2. The van der Waals surface area contributed by atoms with Crippen LogP contribution in [0.2, 0.25) is 0 Å². The number of carbonyl (C=O) groups is 1. The number of carboxylic acids is 1. The number of para-hydroxylation sites is 2. The minimum Gasteiger partial charge on any atom is -0.478 e. The van der Waals surface area contributed by atoms with Gasteiger partial charge >= 0.3 is 5.97 Å². The van der Waals surface area contributed by atoms with Crippen LogP contribution in [0.3, 0.4) is 0 Å². The molecule has 0 bridgehead atoms. The second-order valence-electron chi connectivity index (χ2n) is 7.72. The van der Waals surface area contributed by atoms with Gasteiger partial charge in [-0.15, -0.1) is 0 Å². The largest absolute Gasteiger partial charge is 0.478 e. The van der Waals surface area contributed by atoms with Crippen molar-refractivity contribution in [3.8, 4) is 5.69 Å². The van der Waals surface area contributed by atoms with E-state index < -0.39 is 16.0 Å². The lowest BCUT2D eigenvalue weighted by Gasteiger charge is -2.45. The molecule has 1 saturated heterocycles. The number of aromatic nitrogens is 1. The van der Waals surface area contributed by atoms with E-state index in [9.17, 15) is 18.3 Å². The van der Waals surface area contributed by atoms with Gasteiger partial charge in [-0.25, -0.2) is 13.2 Å². The molecular formula is C22H21N3O4S. The first-order valence-corrected chi connectivity index (χ1v) is 11.2. The van der Waals surface area contributed by atoms with Crippen LogP contribution in [0, 0.1) is 0 Å². The smallest absolute Gasteiger partial charge is 0.335 e. The van der Waals surface area contributed by atoms with E-state index in [0.717, 1.165) is 17.1 Å². The third-order valence-corrected chi connectivity index (χ3v) is 7.97. The van der Waals surface area contributed by atoms with E-state index >= 15 is 0 Å². The lowest BCUT2D eigenvalue weighted by atomic mass is 9.83. The number of aromatic carboxylic acids is 1. The average molecular weight is 423 g/mol. The molecule has 0 amide bonds. The highest BCUT2D eigenvalue weighted by Gasteiger charge is 2.43. The standard InChI is InChI=1S/C22H21N3O4S/c26-21(27)16-5-3-6-17(15-16)30(28,29)24-13-10-22(11-14-24)20-9-4-12-25(20)19-8-2-1-7-18(19)23-22/h1-9,12,15,23H,10-11,13-14H2,(H,26,27). The quantitative estimate of drug-likeness (QED) is 0.675. The van der Waals surface area contributed by atoms with E-state index in [-0.39, 0.29) is 16.0 Å². The number of piperidine rings is 1. The summed E-state index contributed by atoms with van der Waals surface area (Å²) in [6.07, 6.45) is 3.27. The SMILES string of the molecule is O=C(O)c1cccc(S(=O)(=O)N2CCC3(CC2)Nc2ccccc2-n2cccc23)c1. The first-order chi connectivity index (χ1) is 14.4. The Morgan fingerprint density at radius 3 is 2.53 bits per heavy atom. The fraction of sp³-hybridized carbons (Fsp3) is 0.227. The molecule has 8 heteroatoms. The van der Waals surface area contributed by atoms with Gasteiger partial charge in [-0.05, 0) is 55.3 Å². The van der Waals surface area contributed by atoms with Crippen molar-refractivity contribution in [1.29, 1.82) is 0 Å². The zero-order valence-corrected chi connectivity index (χ0v) is 17.0. The van der Waals surface area contributed by atoms with Crippen LogP contribution in [0.15, 0.2) is 71.8 Å². The predicted octanol–water partition coefficient (Wildman–Crippen LogP) is 3.28. The number of fused-ring (bicyclic) bond motifs is 4. The van der Waals surface area contributed by atoms with Gasteiger partial charge in [-0.2, -0.15) is 4.31 Å². The summed E-state index contributed by atoms with van der Waals surface area (Å²) in [5.74, 6) is -1.14. The van der Waals surface area contributed by atoms with E-state index in [1.807, 2.05) is 30.5 Å². The Balaban J connectivity index is 1.43. The number of anilines is 1. The van der Waals surface area contributed by atoms with Crippen molar-refractivity contribution in [2.75, 3.05) is 18.4 Å². The second-order valence-corrected chi connectivity index (χ2v) is 9.66. The average Bonchev–Trinajstić information content (AvgIpc) is 3.26. The first kappa shape index (κ1) is 18.9. The highest BCUT2D eigenvalue weighted by atomic mass is 32.2. The van der Waals surface area contributed by atoms with Gasteiger partial charge in [0, 0.05) is 25.0 Å². The molecule has 3 aromatic rings. The molecule has 2 N–H and O–H groups in total. The van der Waals surface area contributed by atoms with E-state index in [1.54, 1.807) is 0 Å². The number of hydrogen-bond donors (Lipinski definition) is 2. The Morgan fingerprint density at radius 1 is 1.00 bits per heavy atom. The predicted molar refractivity (Wildman–Crippen MR) is 112 cm³/mol. The molecular weight excluding hydrogens is 402 g/mol. The minimum atomic E-state index is -3.76. The maximum absolute atomic E-state index is 13.1. The molecule has 2 aliphatic rings. The van der Waals surface area contributed by atoms with E-state index in [0.29, 0.717) is 25.9 Å². The van der Waals surface area contributed by atoms with Gasteiger partial charge in [0.05, 0.1) is 27.4 Å².